The Balaban J connectivity index is 1.40. The van der Waals surface area contributed by atoms with E-state index in [-0.39, 0.29) is 5.91 Å². The highest BCUT2D eigenvalue weighted by Gasteiger charge is 2.22. The Bertz CT molecular complexity index is 1460. The first-order chi connectivity index (χ1) is 17.0. The molecule has 0 bridgehead atoms. The highest BCUT2D eigenvalue weighted by Crippen LogP contribution is 2.26. The molecule has 1 amide bonds. The zero-order valence-corrected chi connectivity index (χ0v) is 19.8. The van der Waals surface area contributed by atoms with E-state index >= 15 is 0 Å². The number of imidazole rings is 1. The van der Waals surface area contributed by atoms with Gasteiger partial charge in [-0.3, -0.25) is 4.79 Å². The lowest BCUT2D eigenvalue weighted by Gasteiger charge is -2.27. The fraction of sp³-hybridized carbons (Fsp3) is 0.138. The molecule has 5 aromatic rings. The first kappa shape index (κ1) is 22.3. The van der Waals surface area contributed by atoms with Crippen LogP contribution in [-0.2, 0) is 6.42 Å². The molecule has 0 unspecified atom stereocenters. The summed E-state index contributed by atoms with van der Waals surface area (Å²) >= 11 is 0. The predicted molar refractivity (Wildman–Crippen MR) is 140 cm³/mol. The molecule has 174 valence electrons. The smallest absolute Gasteiger partial charge is 0.251 e. The van der Waals surface area contributed by atoms with Gasteiger partial charge in [0, 0.05) is 40.9 Å². The van der Waals surface area contributed by atoms with Gasteiger partial charge in [-0.05, 0) is 56.2 Å². The number of nitrogens with one attached hydrogen (secondary N) is 2. The van der Waals surface area contributed by atoms with E-state index < -0.39 is 5.54 Å². The summed E-state index contributed by atoms with van der Waals surface area (Å²) in [6.07, 6.45) is 6.36. The van der Waals surface area contributed by atoms with E-state index in [2.05, 4.69) is 33.8 Å². The Kier molecular flexibility index (Phi) is 6.02. The number of carbonyl (C=O) groups is 1. The van der Waals surface area contributed by atoms with Crippen LogP contribution in [0.15, 0.2) is 104 Å². The summed E-state index contributed by atoms with van der Waals surface area (Å²) in [6.45, 7) is 4.08. The van der Waals surface area contributed by atoms with Crippen LogP contribution in [0.2, 0.25) is 0 Å². The van der Waals surface area contributed by atoms with E-state index in [9.17, 15) is 4.79 Å². The van der Waals surface area contributed by atoms with Gasteiger partial charge in [0.2, 0.25) is 0 Å². The average molecular weight is 462 g/mol. The number of fused-ring (bicyclic) bond motifs is 1. The van der Waals surface area contributed by atoms with E-state index in [1.165, 1.54) is 0 Å². The number of anilines is 2. The van der Waals surface area contributed by atoms with Crippen LogP contribution in [0.5, 0.6) is 0 Å². The third kappa shape index (κ3) is 5.22. The topological polar surface area (TPSA) is 71.3 Å². The lowest BCUT2D eigenvalue weighted by atomic mass is 9.93. The quantitative estimate of drug-likeness (QED) is 0.317. The molecule has 35 heavy (non-hydrogen) atoms. The lowest BCUT2D eigenvalue weighted by Crippen LogP contribution is -2.45. The van der Waals surface area contributed by atoms with Crippen molar-refractivity contribution in [2.24, 2.45) is 0 Å². The summed E-state index contributed by atoms with van der Waals surface area (Å²) in [5, 5.41) is 6.55. The second-order valence-electron chi connectivity index (χ2n) is 9.21. The highest BCUT2D eigenvalue weighted by molar-refractivity contribution is 5.94. The minimum Gasteiger partial charge on any atom is -0.347 e. The van der Waals surface area contributed by atoms with Gasteiger partial charge in [-0.2, -0.15) is 0 Å². The van der Waals surface area contributed by atoms with E-state index in [4.69, 9.17) is 4.98 Å². The summed E-state index contributed by atoms with van der Waals surface area (Å²) in [7, 11) is 0. The van der Waals surface area contributed by atoms with Crippen LogP contribution in [0.25, 0.3) is 16.9 Å². The van der Waals surface area contributed by atoms with Crippen molar-refractivity contribution in [3.63, 3.8) is 0 Å². The number of hydrogen-bond acceptors (Lipinski definition) is 4. The van der Waals surface area contributed by atoms with Crippen molar-refractivity contribution in [1.82, 2.24) is 19.7 Å². The molecule has 0 spiro atoms. The number of amides is 1. The van der Waals surface area contributed by atoms with Gasteiger partial charge in [-0.1, -0.05) is 54.6 Å². The summed E-state index contributed by atoms with van der Waals surface area (Å²) < 4.78 is 1.98. The van der Waals surface area contributed by atoms with Crippen molar-refractivity contribution < 1.29 is 4.79 Å². The van der Waals surface area contributed by atoms with Crippen LogP contribution < -0.4 is 10.6 Å². The molecule has 0 aliphatic rings. The number of rotatable bonds is 7. The van der Waals surface area contributed by atoms with Crippen LogP contribution in [0.1, 0.15) is 29.8 Å². The molecule has 0 saturated carbocycles. The molecule has 0 fully saturated rings. The van der Waals surface area contributed by atoms with Gasteiger partial charge in [0.15, 0.2) is 11.5 Å². The highest BCUT2D eigenvalue weighted by atomic mass is 16.1. The van der Waals surface area contributed by atoms with Crippen molar-refractivity contribution in [3.05, 3.63) is 115 Å². The summed E-state index contributed by atoms with van der Waals surface area (Å²) in [5.74, 6) is 0.621. The second kappa shape index (κ2) is 9.43. The van der Waals surface area contributed by atoms with Gasteiger partial charge in [-0.25, -0.2) is 9.97 Å². The maximum Gasteiger partial charge on any atom is 0.251 e. The molecule has 6 nitrogen and oxygen atoms in total. The van der Waals surface area contributed by atoms with Gasteiger partial charge in [0.1, 0.15) is 0 Å². The van der Waals surface area contributed by atoms with Crippen LogP contribution in [-0.4, -0.2) is 25.8 Å². The Morgan fingerprint density at radius 3 is 2.46 bits per heavy atom. The molecule has 0 atom stereocenters. The number of hydrogen-bond donors (Lipinski definition) is 2. The van der Waals surface area contributed by atoms with E-state index in [1.54, 1.807) is 6.20 Å². The number of aromatic nitrogens is 3. The maximum atomic E-state index is 12.7. The average Bonchev–Trinajstić information content (AvgIpc) is 3.34. The molecule has 3 aromatic carbocycles. The molecule has 0 aliphatic heterocycles. The monoisotopic (exact) mass is 461 g/mol. The zero-order valence-electron chi connectivity index (χ0n) is 19.8. The molecule has 0 radical (unpaired) electrons. The zero-order chi connectivity index (χ0) is 24.3. The number of carbonyl (C=O) groups excluding carboxylic acids is 1. The molecule has 0 aliphatic carbocycles. The van der Waals surface area contributed by atoms with Gasteiger partial charge in [-0.15, -0.1) is 0 Å². The molecule has 2 aromatic heterocycles. The Morgan fingerprint density at radius 2 is 1.69 bits per heavy atom. The number of nitrogens with zero attached hydrogens (tertiary/aromatic N) is 3. The minimum absolute atomic E-state index is 0.0735. The Labute approximate surface area is 204 Å². The summed E-state index contributed by atoms with van der Waals surface area (Å²) in [5.41, 5.74) is 4.90. The van der Waals surface area contributed by atoms with Gasteiger partial charge in [0.05, 0.1) is 5.69 Å². The SMILES string of the molecule is CC(C)(Cc1cccc(-c2cn3ccnc3c(Nc3ccccc3)n2)c1)NC(=O)c1ccccc1. The van der Waals surface area contributed by atoms with Crippen molar-refractivity contribution in [2.45, 2.75) is 25.8 Å². The molecule has 2 N–H and O–H groups in total. The molecular formula is C29H27N5O. The van der Waals surface area contributed by atoms with Crippen LogP contribution in [0.3, 0.4) is 0 Å². The fourth-order valence-electron chi connectivity index (χ4n) is 4.18. The van der Waals surface area contributed by atoms with Crippen molar-refractivity contribution in [3.8, 4) is 11.3 Å². The number of para-hydroxylation sites is 1. The second-order valence-corrected chi connectivity index (χ2v) is 9.21. The first-order valence-electron chi connectivity index (χ1n) is 11.6. The Hall–Kier alpha value is -4.45. The minimum atomic E-state index is -0.423. The maximum absolute atomic E-state index is 12.7. The van der Waals surface area contributed by atoms with E-state index in [0.717, 1.165) is 28.2 Å². The van der Waals surface area contributed by atoms with Crippen LogP contribution >= 0.6 is 0 Å². The normalized spacial score (nSPS) is 11.4. The molecular weight excluding hydrogens is 434 g/mol. The van der Waals surface area contributed by atoms with Crippen molar-refractivity contribution >= 4 is 23.1 Å². The number of benzene rings is 3. The molecule has 2 heterocycles. The lowest BCUT2D eigenvalue weighted by molar-refractivity contribution is 0.0913. The largest absolute Gasteiger partial charge is 0.347 e. The van der Waals surface area contributed by atoms with Gasteiger partial charge in [0.25, 0.3) is 5.91 Å². The van der Waals surface area contributed by atoms with Crippen molar-refractivity contribution in [1.29, 1.82) is 0 Å². The van der Waals surface area contributed by atoms with E-state index in [0.29, 0.717) is 17.8 Å². The van der Waals surface area contributed by atoms with Crippen molar-refractivity contribution in [2.75, 3.05) is 5.32 Å². The van der Waals surface area contributed by atoms with Crippen LogP contribution in [0, 0.1) is 0 Å². The standard InChI is InChI=1S/C29H27N5O/c1-29(2,33-28(35)22-11-5-3-6-12-22)19-21-10-9-13-23(18-21)25-20-34-17-16-30-27(34)26(32-25)31-24-14-7-4-8-15-24/h3-18,20H,19H2,1-2H3,(H,31,32)(H,33,35). The van der Waals surface area contributed by atoms with Crippen LogP contribution in [0.4, 0.5) is 11.5 Å². The predicted octanol–water partition coefficient (Wildman–Crippen LogP) is 5.89. The molecule has 6 heteroatoms. The third-order valence-electron chi connectivity index (χ3n) is 5.77. The fourth-order valence-corrected chi connectivity index (χ4v) is 4.18. The summed E-state index contributed by atoms with van der Waals surface area (Å²) in [4.78, 5) is 22.1. The first-order valence-corrected chi connectivity index (χ1v) is 11.6. The molecule has 5 rings (SSSR count). The summed E-state index contributed by atoms with van der Waals surface area (Å²) in [6, 6.07) is 27.5. The Morgan fingerprint density at radius 1 is 0.943 bits per heavy atom. The van der Waals surface area contributed by atoms with Gasteiger partial charge < -0.3 is 15.0 Å². The molecule has 0 saturated heterocycles. The third-order valence-corrected chi connectivity index (χ3v) is 5.77. The van der Waals surface area contributed by atoms with Gasteiger partial charge >= 0.3 is 0 Å². The van der Waals surface area contributed by atoms with E-state index in [1.807, 2.05) is 97.4 Å².